The molecule has 1 unspecified atom stereocenters. The summed E-state index contributed by atoms with van der Waals surface area (Å²) in [7, 11) is 0. The van der Waals surface area contributed by atoms with Gasteiger partial charge in [-0.05, 0) is 40.5 Å². The van der Waals surface area contributed by atoms with Crippen molar-refractivity contribution < 1.29 is 32.2 Å². The summed E-state index contributed by atoms with van der Waals surface area (Å²) in [5.41, 5.74) is -3.97. The quantitative estimate of drug-likeness (QED) is 0.484. The molecule has 0 spiro atoms. The first kappa shape index (κ1) is 26.6. The minimum absolute atomic E-state index is 0.110. The van der Waals surface area contributed by atoms with Gasteiger partial charge in [-0.1, -0.05) is 0 Å². The molecular weight excluding hydrogens is 496 g/mol. The molecule has 2 N–H and O–H groups in total. The third-order valence-electron chi connectivity index (χ3n) is 5.92. The fraction of sp³-hybridized carbons (Fsp3) is 0.500. The Morgan fingerprint density at radius 1 is 1.16 bits per heavy atom. The molecule has 9 nitrogen and oxygen atoms in total. The monoisotopic (exact) mass is 524 g/mol. The molecule has 0 aliphatic carbocycles. The number of anilines is 1. The van der Waals surface area contributed by atoms with Crippen LogP contribution in [0, 0.1) is 5.82 Å². The summed E-state index contributed by atoms with van der Waals surface area (Å²) in [5, 5.41) is 13.2. The van der Waals surface area contributed by atoms with E-state index in [1.54, 1.807) is 25.7 Å². The second-order valence-electron chi connectivity index (χ2n) is 10.2. The van der Waals surface area contributed by atoms with Gasteiger partial charge < -0.3 is 20.1 Å². The number of aliphatic hydroxyl groups is 1. The van der Waals surface area contributed by atoms with Crippen molar-refractivity contribution in [1.29, 1.82) is 0 Å². The maximum atomic E-state index is 14.6. The molecule has 1 aliphatic rings. The van der Waals surface area contributed by atoms with Gasteiger partial charge in [0, 0.05) is 37.5 Å². The number of hydrogen-bond acceptors (Lipinski definition) is 7. The average molecular weight is 525 g/mol. The van der Waals surface area contributed by atoms with Crippen LogP contribution in [-0.2, 0) is 10.3 Å². The van der Waals surface area contributed by atoms with E-state index in [0.29, 0.717) is 32.9 Å². The summed E-state index contributed by atoms with van der Waals surface area (Å²) in [6, 6.07) is 2.11. The third-order valence-corrected chi connectivity index (χ3v) is 5.92. The Morgan fingerprint density at radius 2 is 1.89 bits per heavy atom. The van der Waals surface area contributed by atoms with Gasteiger partial charge in [-0.3, -0.25) is 9.38 Å². The predicted molar refractivity (Wildman–Crippen MR) is 126 cm³/mol. The molecule has 3 aromatic heterocycles. The molecule has 0 aromatic carbocycles. The highest BCUT2D eigenvalue weighted by atomic mass is 19.4. The number of fused-ring (bicyclic) bond motifs is 1. The zero-order valence-corrected chi connectivity index (χ0v) is 20.8. The topological polar surface area (TPSA) is 105 Å². The predicted octanol–water partition coefficient (Wildman–Crippen LogP) is 4.51. The zero-order chi connectivity index (χ0) is 27.2. The second kappa shape index (κ2) is 9.43. The number of amides is 1. The fourth-order valence-corrected chi connectivity index (χ4v) is 3.97. The molecule has 2 atom stereocenters. The van der Waals surface area contributed by atoms with Crippen molar-refractivity contribution in [2.45, 2.75) is 64.0 Å². The van der Waals surface area contributed by atoms with Gasteiger partial charge in [-0.2, -0.15) is 13.2 Å². The van der Waals surface area contributed by atoms with Crippen LogP contribution >= 0.6 is 0 Å². The number of imidazole rings is 1. The standard InChI is InChI=1S/C24H28F4N6O3/c1-22(2,3)37-21(35)33-7-5-6-15(12-33)31-19-9-14(25)8-16(32-19)17-10-30-20-11-29-18(13-34(17)20)23(4,36)24(26,27)28/h8-11,13,15,36H,5-7,12H2,1-4H3,(H,31,32)/t15-,23?/m1/s1. The van der Waals surface area contributed by atoms with Gasteiger partial charge in [-0.25, -0.2) is 19.2 Å². The number of hydrogen-bond donors (Lipinski definition) is 2. The van der Waals surface area contributed by atoms with E-state index in [0.717, 1.165) is 18.5 Å². The van der Waals surface area contributed by atoms with Gasteiger partial charge in [0.1, 0.15) is 17.2 Å². The number of pyridine rings is 1. The summed E-state index contributed by atoms with van der Waals surface area (Å²) < 4.78 is 61.3. The first-order valence-corrected chi connectivity index (χ1v) is 11.7. The van der Waals surface area contributed by atoms with Crippen LogP contribution in [0.15, 0.2) is 30.7 Å². The Bertz CT molecular complexity index is 1300. The number of aromatic nitrogens is 4. The Morgan fingerprint density at radius 3 is 2.57 bits per heavy atom. The van der Waals surface area contributed by atoms with Crippen LogP contribution in [0.3, 0.4) is 0 Å². The van der Waals surface area contributed by atoms with Crippen molar-refractivity contribution >= 4 is 17.6 Å². The number of likely N-dealkylation sites (tertiary alicyclic amines) is 1. The fourth-order valence-electron chi connectivity index (χ4n) is 3.97. The molecule has 4 heterocycles. The Hall–Kier alpha value is -3.48. The van der Waals surface area contributed by atoms with Crippen LogP contribution in [0.1, 0.15) is 46.2 Å². The molecule has 13 heteroatoms. The number of ether oxygens (including phenoxy) is 1. The van der Waals surface area contributed by atoms with Gasteiger partial charge >= 0.3 is 12.3 Å². The number of alkyl halides is 3. The zero-order valence-electron chi connectivity index (χ0n) is 20.8. The van der Waals surface area contributed by atoms with E-state index in [1.165, 1.54) is 16.7 Å². The second-order valence-corrected chi connectivity index (χ2v) is 10.2. The average Bonchev–Trinajstić information content (AvgIpc) is 3.20. The van der Waals surface area contributed by atoms with Crippen molar-refractivity contribution in [3.8, 4) is 11.4 Å². The molecule has 4 rings (SSSR count). The highest BCUT2D eigenvalue weighted by Gasteiger charge is 2.52. The van der Waals surface area contributed by atoms with E-state index in [4.69, 9.17) is 4.74 Å². The Kier molecular flexibility index (Phi) is 6.78. The number of rotatable bonds is 4. The highest BCUT2D eigenvalue weighted by Crippen LogP contribution is 2.37. The van der Waals surface area contributed by atoms with Crippen LogP contribution in [0.2, 0.25) is 0 Å². The number of carbonyl (C=O) groups is 1. The van der Waals surface area contributed by atoms with Gasteiger partial charge in [-0.15, -0.1) is 0 Å². The minimum Gasteiger partial charge on any atom is -0.444 e. The smallest absolute Gasteiger partial charge is 0.422 e. The summed E-state index contributed by atoms with van der Waals surface area (Å²) in [5.74, 6) is -0.434. The van der Waals surface area contributed by atoms with Gasteiger partial charge in [0.15, 0.2) is 5.65 Å². The van der Waals surface area contributed by atoms with E-state index in [9.17, 15) is 27.5 Å². The third kappa shape index (κ3) is 5.76. The molecule has 1 aliphatic heterocycles. The summed E-state index contributed by atoms with van der Waals surface area (Å²) in [6.07, 6.45) is -0.549. The number of nitrogens with one attached hydrogen (secondary N) is 1. The van der Waals surface area contributed by atoms with E-state index < -0.39 is 35.0 Å². The lowest BCUT2D eigenvalue weighted by atomic mass is 10.0. The van der Waals surface area contributed by atoms with Crippen LogP contribution in [0.5, 0.6) is 0 Å². The lowest BCUT2D eigenvalue weighted by molar-refractivity contribution is -0.260. The lowest BCUT2D eigenvalue weighted by Gasteiger charge is -2.34. The number of carbonyl (C=O) groups excluding carboxylic acids is 1. The van der Waals surface area contributed by atoms with Gasteiger partial charge in [0.2, 0.25) is 5.60 Å². The first-order chi connectivity index (χ1) is 17.1. The Labute approximate surface area is 210 Å². The molecule has 0 bridgehead atoms. The normalized spacial score (nSPS) is 18.5. The van der Waals surface area contributed by atoms with Crippen molar-refractivity contribution in [1.82, 2.24) is 24.3 Å². The van der Waals surface area contributed by atoms with Crippen LogP contribution < -0.4 is 5.32 Å². The minimum atomic E-state index is -4.96. The largest absolute Gasteiger partial charge is 0.444 e. The molecule has 37 heavy (non-hydrogen) atoms. The van der Waals surface area contributed by atoms with E-state index in [1.807, 2.05) is 0 Å². The van der Waals surface area contributed by atoms with E-state index in [-0.39, 0.29) is 28.9 Å². The summed E-state index contributed by atoms with van der Waals surface area (Å²) in [6.45, 7) is 6.82. The van der Waals surface area contributed by atoms with Crippen LogP contribution in [0.4, 0.5) is 28.2 Å². The van der Waals surface area contributed by atoms with Crippen molar-refractivity contribution in [3.63, 3.8) is 0 Å². The first-order valence-electron chi connectivity index (χ1n) is 11.7. The molecule has 1 amide bonds. The van der Waals surface area contributed by atoms with Crippen molar-refractivity contribution in [2.75, 3.05) is 18.4 Å². The number of piperidine rings is 1. The van der Waals surface area contributed by atoms with Gasteiger partial charge in [0.25, 0.3) is 0 Å². The molecular formula is C24H28F4N6O3. The van der Waals surface area contributed by atoms with Gasteiger partial charge in [0.05, 0.1) is 29.5 Å². The molecule has 1 saturated heterocycles. The molecule has 200 valence electrons. The van der Waals surface area contributed by atoms with Crippen LogP contribution in [0.25, 0.3) is 17.0 Å². The summed E-state index contributed by atoms with van der Waals surface area (Å²) >= 11 is 0. The molecule has 0 radical (unpaired) electrons. The highest BCUT2D eigenvalue weighted by molar-refractivity contribution is 5.68. The maximum Gasteiger partial charge on any atom is 0.422 e. The summed E-state index contributed by atoms with van der Waals surface area (Å²) in [4.78, 5) is 26.3. The number of halogens is 4. The van der Waals surface area contributed by atoms with Crippen molar-refractivity contribution in [3.05, 3.63) is 42.2 Å². The number of nitrogens with zero attached hydrogens (tertiary/aromatic N) is 5. The van der Waals surface area contributed by atoms with Crippen LogP contribution in [-0.4, -0.2) is 66.4 Å². The SMILES string of the molecule is CC(C)(C)OC(=O)N1CCC[C@@H](Nc2cc(F)cc(-c3cnc4cnc(C(C)(O)C(F)(F)F)cn34)n2)C1. The molecule has 3 aromatic rings. The van der Waals surface area contributed by atoms with Crippen molar-refractivity contribution in [2.24, 2.45) is 0 Å². The van der Waals surface area contributed by atoms with E-state index in [2.05, 4.69) is 20.3 Å². The Balaban J connectivity index is 1.60. The molecule has 1 fully saturated rings. The maximum absolute atomic E-state index is 14.6. The van der Waals surface area contributed by atoms with E-state index >= 15 is 0 Å². The molecule has 0 saturated carbocycles. The lowest BCUT2D eigenvalue weighted by Crippen LogP contribution is -2.47.